The van der Waals surface area contributed by atoms with Gasteiger partial charge in [-0.3, -0.25) is 33.1 Å². The van der Waals surface area contributed by atoms with E-state index >= 15 is 0 Å². The highest BCUT2D eigenvalue weighted by atomic mass is 32.3. The van der Waals surface area contributed by atoms with E-state index in [1.807, 2.05) is 6.07 Å². The summed E-state index contributed by atoms with van der Waals surface area (Å²) in [5, 5.41) is 33.7. The highest BCUT2D eigenvalue weighted by Gasteiger charge is 2.50. The molecule has 4 amide bonds. The van der Waals surface area contributed by atoms with Crippen molar-refractivity contribution in [2.45, 2.75) is 101 Å². The SMILES string of the molecule is CC(C)(O)c1cnnn1[C@H]1C[C@@H](C(=O)NC2(C(=O)C(N)=O)CCS(O)(O)CC2)N(C(=O)C(CC2CCCCC2)NC(=O)c2ccc(C#N)cc2)C1. The molecule has 3 atom stereocenters. The molecule has 2 aromatic rings. The van der Waals surface area contributed by atoms with E-state index in [1.165, 1.54) is 40.0 Å². The number of nitrogens with zero attached hydrogens (tertiary/aromatic N) is 5. The Balaban J connectivity index is 1.49. The Bertz CT molecular complexity index is 1680. The summed E-state index contributed by atoms with van der Waals surface area (Å²) < 4.78 is 22.0. The van der Waals surface area contributed by atoms with Crippen molar-refractivity contribution in [3.05, 3.63) is 47.3 Å². The van der Waals surface area contributed by atoms with Crippen LogP contribution in [-0.2, 0) is 24.8 Å². The normalized spacial score (nSPS) is 23.0. The third kappa shape index (κ3) is 8.58. The number of nitriles is 1. The number of nitrogens with one attached hydrogen (secondary N) is 2. The van der Waals surface area contributed by atoms with Gasteiger partial charge in [0.1, 0.15) is 23.2 Å². The maximum atomic E-state index is 14.7. The first kappa shape index (κ1) is 37.9. The zero-order chi connectivity index (χ0) is 37.1. The predicted octanol–water partition coefficient (Wildman–Crippen LogP) is 1.74. The lowest BCUT2D eigenvalue weighted by Crippen LogP contribution is -2.64. The van der Waals surface area contributed by atoms with Crippen LogP contribution in [0.3, 0.4) is 0 Å². The summed E-state index contributed by atoms with van der Waals surface area (Å²) in [6, 6.07) is 5.09. The third-order valence-electron chi connectivity index (χ3n) is 10.3. The van der Waals surface area contributed by atoms with Crippen molar-refractivity contribution in [1.29, 1.82) is 5.26 Å². The largest absolute Gasteiger partial charge is 0.384 e. The number of aromatic nitrogens is 3. The molecular weight excluding hydrogens is 680 g/mol. The lowest BCUT2D eigenvalue weighted by Gasteiger charge is -2.45. The average Bonchev–Trinajstić information content (AvgIpc) is 3.77. The molecular formula is C34H46N8O8S. The number of carbonyl (C=O) groups is 5. The molecule has 1 saturated carbocycles. The van der Waals surface area contributed by atoms with Crippen LogP contribution in [0, 0.1) is 17.2 Å². The van der Waals surface area contributed by atoms with E-state index in [-0.39, 0.29) is 48.8 Å². The van der Waals surface area contributed by atoms with Gasteiger partial charge in [-0.25, -0.2) is 4.68 Å². The van der Waals surface area contributed by atoms with Gasteiger partial charge in [0.2, 0.25) is 17.6 Å². The Morgan fingerprint density at radius 3 is 2.33 bits per heavy atom. The molecule has 2 saturated heterocycles. The Labute approximate surface area is 297 Å². The van der Waals surface area contributed by atoms with Crippen LogP contribution in [0.1, 0.15) is 99.3 Å². The van der Waals surface area contributed by atoms with E-state index in [9.17, 15) is 43.4 Å². The maximum absolute atomic E-state index is 14.7. The number of rotatable bonds is 11. The molecule has 1 aromatic heterocycles. The number of ketones is 1. The molecule has 0 radical (unpaired) electrons. The second kappa shape index (κ2) is 15.1. The Morgan fingerprint density at radius 1 is 1.10 bits per heavy atom. The number of likely N-dealkylation sites (tertiary alicyclic amines) is 1. The summed E-state index contributed by atoms with van der Waals surface area (Å²) in [5.41, 5.74) is 3.16. The summed E-state index contributed by atoms with van der Waals surface area (Å²) in [7, 11) is -3.03. The fraction of sp³-hybridized carbons (Fsp3) is 0.588. The van der Waals surface area contributed by atoms with E-state index in [1.54, 1.807) is 13.8 Å². The molecule has 3 fully saturated rings. The van der Waals surface area contributed by atoms with E-state index < -0.39 is 69.3 Å². The highest BCUT2D eigenvalue weighted by Crippen LogP contribution is 2.47. The maximum Gasteiger partial charge on any atom is 0.287 e. The van der Waals surface area contributed by atoms with Crippen LogP contribution >= 0.6 is 10.6 Å². The summed E-state index contributed by atoms with van der Waals surface area (Å²) in [4.78, 5) is 69.2. The number of hydrogen-bond donors (Lipinski definition) is 6. The van der Waals surface area contributed by atoms with Crippen LogP contribution in [0.15, 0.2) is 30.5 Å². The van der Waals surface area contributed by atoms with Gasteiger partial charge in [-0.2, -0.15) is 15.9 Å². The van der Waals surface area contributed by atoms with Crippen LogP contribution in [0.25, 0.3) is 0 Å². The van der Waals surface area contributed by atoms with Gasteiger partial charge in [0, 0.05) is 30.0 Å². The number of primary amides is 1. The molecule has 1 unspecified atom stereocenters. The molecule has 17 heteroatoms. The summed E-state index contributed by atoms with van der Waals surface area (Å²) in [5.74, 6) is -4.54. The molecule has 2 aliphatic heterocycles. The molecule has 16 nitrogen and oxygen atoms in total. The van der Waals surface area contributed by atoms with E-state index in [0.717, 1.165) is 32.1 Å². The minimum absolute atomic E-state index is 0.0141. The molecule has 1 aliphatic carbocycles. The standard InChI is InChI=1S/C34H46N8O8S/c1-33(2,48)27-19-37-40-42(27)24-17-26(31(46)39-34(28(43)29(36)44)12-14-51(49,50)15-13-34)41(20-24)32(47)25(16-21-6-4-3-5-7-21)38-30(45)23-10-8-22(18-35)9-11-23/h8-11,19,21,24-26,48-50H,3-7,12-17,20H2,1-2H3,(H2,36,44)(H,38,45)(H,39,46)/t24-,25?,26-/m0/s1. The first-order valence-electron chi connectivity index (χ1n) is 17.2. The molecule has 3 heterocycles. The number of hydrogen-bond acceptors (Lipinski definition) is 11. The Morgan fingerprint density at radius 2 is 1.75 bits per heavy atom. The van der Waals surface area contributed by atoms with E-state index in [4.69, 9.17) is 5.73 Å². The van der Waals surface area contributed by atoms with Crippen LogP contribution in [0.5, 0.6) is 0 Å². The van der Waals surface area contributed by atoms with Gasteiger partial charge in [-0.1, -0.05) is 37.3 Å². The van der Waals surface area contributed by atoms with Gasteiger partial charge in [0.25, 0.3) is 11.8 Å². The van der Waals surface area contributed by atoms with Crippen molar-refractivity contribution in [3.8, 4) is 6.07 Å². The zero-order valence-corrected chi connectivity index (χ0v) is 29.6. The Hall–Kier alpha value is -4.37. The van der Waals surface area contributed by atoms with Gasteiger partial charge in [-0.15, -0.1) is 5.10 Å². The van der Waals surface area contributed by atoms with E-state index in [2.05, 4.69) is 20.9 Å². The van der Waals surface area contributed by atoms with Crippen LogP contribution in [0.4, 0.5) is 0 Å². The first-order valence-corrected chi connectivity index (χ1v) is 19.1. The van der Waals surface area contributed by atoms with Crippen molar-refractivity contribution in [2.24, 2.45) is 11.7 Å². The van der Waals surface area contributed by atoms with Crippen molar-refractivity contribution < 1.29 is 38.2 Å². The molecule has 51 heavy (non-hydrogen) atoms. The topological polar surface area (TPSA) is 254 Å². The molecule has 1 aromatic carbocycles. The lowest BCUT2D eigenvalue weighted by molar-refractivity contribution is -0.145. The second-order valence-electron chi connectivity index (χ2n) is 14.4. The number of amides is 4. The smallest absolute Gasteiger partial charge is 0.287 e. The van der Waals surface area contributed by atoms with Gasteiger partial charge in [0.05, 0.1) is 29.6 Å². The lowest BCUT2D eigenvalue weighted by atomic mass is 9.84. The molecule has 0 bridgehead atoms. The minimum Gasteiger partial charge on any atom is -0.384 e. The average molecular weight is 727 g/mol. The van der Waals surface area contributed by atoms with Crippen molar-refractivity contribution in [3.63, 3.8) is 0 Å². The minimum atomic E-state index is -3.03. The van der Waals surface area contributed by atoms with Gasteiger partial charge < -0.3 is 26.4 Å². The number of carbonyl (C=O) groups excluding carboxylic acids is 5. The second-order valence-corrected chi connectivity index (χ2v) is 16.9. The van der Waals surface area contributed by atoms with Gasteiger partial charge in [-0.05, 0) is 63.3 Å². The zero-order valence-electron chi connectivity index (χ0n) is 28.8. The molecule has 3 aliphatic rings. The fourth-order valence-corrected chi connectivity index (χ4v) is 8.97. The van der Waals surface area contributed by atoms with E-state index in [0.29, 0.717) is 17.7 Å². The summed E-state index contributed by atoms with van der Waals surface area (Å²) >= 11 is 0. The molecule has 276 valence electrons. The predicted molar refractivity (Wildman–Crippen MR) is 185 cm³/mol. The quantitative estimate of drug-likeness (QED) is 0.182. The molecule has 7 N–H and O–H groups in total. The first-order chi connectivity index (χ1) is 24.0. The van der Waals surface area contributed by atoms with Crippen molar-refractivity contribution in [1.82, 2.24) is 30.5 Å². The summed E-state index contributed by atoms with van der Waals surface area (Å²) in [6.07, 6.45) is 5.98. The fourth-order valence-electron chi connectivity index (χ4n) is 7.42. The van der Waals surface area contributed by atoms with Crippen LogP contribution < -0.4 is 16.4 Å². The number of benzene rings is 1. The number of nitrogens with two attached hydrogens (primary N) is 1. The summed E-state index contributed by atoms with van der Waals surface area (Å²) in [6.45, 7) is 3.04. The molecule has 0 spiro atoms. The van der Waals surface area contributed by atoms with Crippen molar-refractivity contribution in [2.75, 3.05) is 18.1 Å². The third-order valence-corrected chi connectivity index (χ3v) is 12.0. The van der Waals surface area contributed by atoms with Crippen LogP contribution in [-0.4, -0.2) is 99.2 Å². The van der Waals surface area contributed by atoms with Gasteiger partial charge in [0.15, 0.2) is 0 Å². The monoisotopic (exact) mass is 726 g/mol. The van der Waals surface area contributed by atoms with Crippen molar-refractivity contribution >= 4 is 40.0 Å². The Kier molecular flexibility index (Phi) is 11.2. The highest BCUT2D eigenvalue weighted by molar-refractivity contribution is 8.24. The number of Topliss-reactive ketones (excluding diaryl/α,β-unsaturated/α-hetero) is 1. The molecule has 5 rings (SSSR count). The number of aliphatic hydroxyl groups is 1. The van der Waals surface area contributed by atoms with Crippen LogP contribution in [0.2, 0.25) is 0 Å². The van der Waals surface area contributed by atoms with Gasteiger partial charge >= 0.3 is 0 Å².